The average Bonchev–Trinajstić information content (AvgIpc) is 3.29. The van der Waals surface area contributed by atoms with Crippen LogP contribution in [0.2, 0.25) is 0 Å². The van der Waals surface area contributed by atoms with Crippen molar-refractivity contribution >= 4 is 40.6 Å². The van der Waals surface area contributed by atoms with E-state index in [4.69, 9.17) is 19.2 Å². The predicted molar refractivity (Wildman–Crippen MR) is 168 cm³/mol. The third-order valence-corrected chi connectivity index (χ3v) is 7.70. The van der Waals surface area contributed by atoms with Gasteiger partial charge in [0.2, 0.25) is 0 Å². The molecule has 0 bridgehead atoms. The van der Waals surface area contributed by atoms with E-state index in [0.717, 1.165) is 22.3 Å². The highest BCUT2D eigenvalue weighted by molar-refractivity contribution is 8.18. The quantitative estimate of drug-likeness (QED) is 0.196. The van der Waals surface area contributed by atoms with Gasteiger partial charge in [-0.1, -0.05) is 48.0 Å². The molecule has 9 heteroatoms. The third-order valence-electron chi connectivity index (χ3n) is 6.69. The van der Waals surface area contributed by atoms with Crippen molar-refractivity contribution in [3.05, 3.63) is 124 Å². The maximum absolute atomic E-state index is 13.7. The minimum Gasteiger partial charge on any atom is -0.497 e. The van der Waals surface area contributed by atoms with Crippen molar-refractivity contribution in [1.82, 2.24) is 4.90 Å². The number of hydrogen-bond acceptors (Lipinski definition) is 7. The van der Waals surface area contributed by atoms with Gasteiger partial charge in [0.05, 0.1) is 36.9 Å². The summed E-state index contributed by atoms with van der Waals surface area (Å²) in [7, 11) is 3.18. The molecule has 0 radical (unpaired) electrons. The Morgan fingerprint density at radius 2 is 1.67 bits per heavy atom. The van der Waals surface area contributed by atoms with Crippen molar-refractivity contribution < 1.29 is 28.9 Å². The lowest BCUT2D eigenvalue weighted by molar-refractivity contribution is -0.122. The van der Waals surface area contributed by atoms with E-state index < -0.39 is 5.97 Å². The van der Waals surface area contributed by atoms with Crippen LogP contribution in [0.4, 0.5) is 5.69 Å². The Morgan fingerprint density at radius 1 is 0.907 bits per heavy atom. The summed E-state index contributed by atoms with van der Waals surface area (Å²) < 4.78 is 16.9. The summed E-state index contributed by atoms with van der Waals surface area (Å²) in [6, 6.07) is 27.4. The van der Waals surface area contributed by atoms with Crippen molar-refractivity contribution in [3.63, 3.8) is 0 Å². The Labute approximate surface area is 254 Å². The first-order chi connectivity index (χ1) is 20.8. The number of aliphatic imine (C=N–C) groups is 1. The molecule has 0 spiro atoms. The fourth-order valence-corrected chi connectivity index (χ4v) is 5.44. The van der Waals surface area contributed by atoms with Crippen molar-refractivity contribution in [2.75, 3.05) is 14.2 Å². The van der Waals surface area contributed by atoms with Gasteiger partial charge in [-0.25, -0.2) is 9.79 Å². The minimum atomic E-state index is -1.01. The fourth-order valence-electron chi connectivity index (χ4n) is 4.44. The number of rotatable bonds is 10. The highest BCUT2D eigenvalue weighted by atomic mass is 32.2. The van der Waals surface area contributed by atoms with E-state index in [-0.39, 0.29) is 18.0 Å². The minimum absolute atomic E-state index is 0.179. The molecule has 1 aliphatic heterocycles. The number of methoxy groups -OCH3 is 2. The van der Waals surface area contributed by atoms with Gasteiger partial charge in [0.15, 0.2) is 16.7 Å². The Hall–Kier alpha value is -5.02. The Kier molecular flexibility index (Phi) is 9.12. The van der Waals surface area contributed by atoms with Crippen molar-refractivity contribution in [2.45, 2.75) is 20.1 Å². The number of benzene rings is 4. The molecule has 1 N–H and O–H groups in total. The van der Waals surface area contributed by atoms with Crippen molar-refractivity contribution in [2.24, 2.45) is 4.99 Å². The summed E-state index contributed by atoms with van der Waals surface area (Å²) in [6.45, 7) is 2.67. The largest absolute Gasteiger partial charge is 0.497 e. The van der Waals surface area contributed by atoms with Crippen LogP contribution in [0.1, 0.15) is 32.6 Å². The second-order valence-corrected chi connectivity index (χ2v) is 10.8. The number of hydrogen-bond donors (Lipinski definition) is 1. The molecular weight excluding hydrogens is 564 g/mol. The summed E-state index contributed by atoms with van der Waals surface area (Å²) in [5.74, 6) is 0.645. The molecule has 4 aromatic rings. The van der Waals surface area contributed by atoms with E-state index in [9.17, 15) is 14.7 Å². The number of thioether (sulfide) groups is 1. The predicted octanol–water partition coefficient (Wildman–Crippen LogP) is 7.09. The number of amides is 1. The van der Waals surface area contributed by atoms with Gasteiger partial charge in [0, 0.05) is 0 Å². The normalized spacial score (nSPS) is 14.8. The van der Waals surface area contributed by atoms with E-state index in [1.807, 2.05) is 55.5 Å². The summed E-state index contributed by atoms with van der Waals surface area (Å²) in [6.07, 6.45) is 1.80. The number of carboxylic acid groups (broad SMARTS) is 1. The lowest BCUT2D eigenvalue weighted by atomic mass is 10.1. The molecular formula is C34H30N2O6S. The molecule has 0 aliphatic carbocycles. The van der Waals surface area contributed by atoms with Gasteiger partial charge in [-0.05, 0) is 90.0 Å². The molecule has 1 heterocycles. The van der Waals surface area contributed by atoms with E-state index in [1.165, 1.54) is 23.9 Å². The number of aryl methyl sites for hydroxylation is 1. The van der Waals surface area contributed by atoms with Gasteiger partial charge in [-0.15, -0.1) is 0 Å². The van der Waals surface area contributed by atoms with Crippen LogP contribution < -0.4 is 14.2 Å². The summed E-state index contributed by atoms with van der Waals surface area (Å²) >= 11 is 1.27. The standard InChI is InChI=1S/C34H30N2O6S/c1-22-5-4-6-25(17-22)21-42-29-16-9-24(18-30(29)41-3)19-31-32(37)36(20-23-7-10-26(11-8-23)33(38)39)34(43-31)35-27-12-14-28(40-2)15-13-27/h4-19H,20-21H2,1-3H3,(H,38,39)/b31-19-,35-34?. The van der Waals surface area contributed by atoms with Crippen LogP contribution in [-0.2, 0) is 17.9 Å². The number of ether oxygens (including phenoxy) is 3. The molecule has 4 aromatic carbocycles. The van der Waals surface area contributed by atoms with Crippen molar-refractivity contribution in [3.8, 4) is 17.2 Å². The molecule has 0 aromatic heterocycles. The van der Waals surface area contributed by atoms with Gasteiger partial charge < -0.3 is 19.3 Å². The number of carbonyl (C=O) groups is 2. The summed E-state index contributed by atoms with van der Waals surface area (Å²) in [4.78, 5) is 31.8. The van der Waals surface area contributed by atoms with Crippen LogP contribution in [-0.4, -0.2) is 41.3 Å². The number of nitrogens with zero attached hydrogens (tertiary/aromatic N) is 2. The second-order valence-electron chi connectivity index (χ2n) is 9.78. The molecule has 1 aliphatic rings. The Bertz CT molecular complexity index is 1700. The Morgan fingerprint density at radius 3 is 2.35 bits per heavy atom. The smallest absolute Gasteiger partial charge is 0.335 e. The molecule has 5 rings (SSSR count). The number of carbonyl (C=O) groups excluding carboxylic acids is 1. The SMILES string of the molecule is COc1ccc(N=C2S/C(=C\c3ccc(OCc4cccc(C)c4)c(OC)c3)C(=O)N2Cc2ccc(C(=O)O)cc2)cc1. The third kappa shape index (κ3) is 7.25. The molecule has 43 heavy (non-hydrogen) atoms. The van der Waals surface area contributed by atoms with Crippen LogP contribution in [0.15, 0.2) is 101 Å². The molecule has 0 atom stereocenters. The van der Waals surface area contributed by atoms with Crippen molar-refractivity contribution in [1.29, 1.82) is 0 Å². The zero-order chi connectivity index (χ0) is 30.3. The van der Waals surface area contributed by atoms with E-state index in [1.54, 1.807) is 49.5 Å². The van der Waals surface area contributed by atoms with E-state index >= 15 is 0 Å². The molecule has 1 fully saturated rings. The van der Waals surface area contributed by atoms with Crippen LogP contribution in [0, 0.1) is 6.92 Å². The van der Waals surface area contributed by atoms with Gasteiger partial charge in [-0.2, -0.15) is 0 Å². The van der Waals surface area contributed by atoms with Crippen LogP contribution >= 0.6 is 11.8 Å². The van der Waals surface area contributed by atoms with E-state index in [0.29, 0.717) is 39.6 Å². The highest BCUT2D eigenvalue weighted by Crippen LogP contribution is 2.37. The summed E-state index contributed by atoms with van der Waals surface area (Å²) in [5.41, 5.74) is 4.61. The van der Waals surface area contributed by atoms with Gasteiger partial charge in [-0.3, -0.25) is 9.69 Å². The average molecular weight is 595 g/mol. The number of amidine groups is 1. The first-order valence-corrected chi connectivity index (χ1v) is 14.3. The fraction of sp³-hybridized carbons (Fsp3) is 0.147. The number of aromatic carboxylic acids is 1. The molecule has 0 saturated carbocycles. The number of carboxylic acids is 1. The molecule has 1 amide bonds. The zero-order valence-corrected chi connectivity index (χ0v) is 24.8. The maximum atomic E-state index is 13.7. The molecule has 8 nitrogen and oxygen atoms in total. The van der Waals surface area contributed by atoms with Gasteiger partial charge in [0.25, 0.3) is 5.91 Å². The van der Waals surface area contributed by atoms with E-state index in [2.05, 4.69) is 6.07 Å². The second kappa shape index (κ2) is 13.3. The summed E-state index contributed by atoms with van der Waals surface area (Å²) in [5, 5.41) is 9.75. The molecule has 0 unspecified atom stereocenters. The zero-order valence-electron chi connectivity index (χ0n) is 23.9. The Balaban J connectivity index is 1.41. The molecule has 1 saturated heterocycles. The topological polar surface area (TPSA) is 97.7 Å². The van der Waals surface area contributed by atoms with Crippen LogP contribution in [0.25, 0.3) is 6.08 Å². The molecule has 218 valence electrons. The first kappa shape index (κ1) is 29.5. The van der Waals surface area contributed by atoms with Crippen LogP contribution in [0.3, 0.4) is 0 Å². The first-order valence-electron chi connectivity index (χ1n) is 13.5. The highest BCUT2D eigenvalue weighted by Gasteiger charge is 2.33. The maximum Gasteiger partial charge on any atom is 0.335 e. The lowest BCUT2D eigenvalue weighted by Crippen LogP contribution is -2.28. The van der Waals surface area contributed by atoms with Gasteiger partial charge in [0.1, 0.15) is 12.4 Å². The van der Waals surface area contributed by atoms with Gasteiger partial charge >= 0.3 is 5.97 Å². The monoisotopic (exact) mass is 594 g/mol. The lowest BCUT2D eigenvalue weighted by Gasteiger charge is -2.16. The van der Waals surface area contributed by atoms with Crippen LogP contribution in [0.5, 0.6) is 17.2 Å².